The molecular formula is C56H90. The van der Waals surface area contributed by atoms with Crippen molar-refractivity contribution >= 4 is 0 Å². The molecule has 4 fully saturated rings. The Kier molecular flexibility index (Phi) is 20.0. The van der Waals surface area contributed by atoms with Gasteiger partial charge in [0.05, 0.1) is 0 Å². The van der Waals surface area contributed by atoms with Gasteiger partial charge in [0.1, 0.15) is 0 Å². The van der Waals surface area contributed by atoms with Gasteiger partial charge in [0.15, 0.2) is 0 Å². The fourth-order valence-electron chi connectivity index (χ4n) is 10.6. The zero-order chi connectivity index (χ0) is 38.8. The number of aryl methyl sites for hydroxylation is 2. The molecule has 0 N–H and O–H groups in total. The average Bonchev–Trinajstić information content (AvgIpc) is 3.23. The molecule has 3 aromatic carbocycles. The third-order valence-corrected chi connectivity index (χ3v) is 14.3. The van der Waals surface area contributed by atoms with Crippen molar-refractivity contribution in [2.45, 2.75) is 164 Å². The van der Waals surface area contributed by atoms with Crippen LogP contribution in [0.4, 0.5) is 0 Å². The second-order valence-corrected chi connectivity index (χ2v) is 18.4. The molecule has 0 nitrogen and oxygen atoms in total. The molecule has 0 amide bonds. The highest BCUT2D eigenvalue weighted by molar-refractivity contribution is 5.64. The Hall–Kier alpha value is -3.12. The van der Waals surface area contributed by atoms with E-state index in [0.29, 0.717) is 0 Å². The number of rotatable bonds is 9. The molecule has 0 aromatic heterocycles. The van der Waals surface area contributed by atoms with Crippen LogP contribution in [0.2, 0.25) is 0 Å². The standard InChI is InChI=1S/C22H32.C17H18.C16H28.CH4.4H2/c1-3-4-18-7-11-20(12-8-18)22-15-13-21(14-16-22)19-9-5-17(2)6-10-19;1-3-4-5-15-8-12-17(13-9-15)16-10-6-14(2)7-11-16;1-3-4-14-7-11-16(12-8-14)15-9-5-13(2)6-10-15;;;;;/h3,5-6,9-10,18,20-22H,1,4,7-8,11-16H2,2H3;3-4,6-13H,5H2,1-2H3;3-4,13-16H,5-12H2,1-2H3;1H4;4*1H/b;2*4-3+;;;;;. The Morgan fingerprint density at radius 3 is 1.48 bits per heavy atom. The maximum Gasteiger partial charge on any atom is 0 e. The van der Waals surface area contributed by atoms with Crippen molar-refractivity contribution < 1.29 is 5.71 Å². The maximum absolute atomic E-state index is 3.91. The summed E-state index contributed by atoms with van der Waals surface area (Å²) in [7, 11) is 0. The van der Waals surface area contributed by atoms with Crippen molar-refractivity contribution in [1.29, 1.82) is 0 Å². The van der Waals surface area contributed by atoms with Gasteiger partial charge in [-0.05, 0) is 200 Å². The summed E-state index contributed by atoms with van der Waals surface area (Å²) in [5.74, 6) is 7.90. The SMILES string of the molecule is C.C/C=C/C1CCC(C2CCC(C)CC2)CC1.C/C=C/Cc1ccc(-c2ccc(C)cc2)cc1.C=CCC1CCC(C2CCC(c3ccc(C)cc3)CC2)CC1.[HH].[HH].[HH].[HH]. The fraction of sp³-hybridized carbons (Fsp3) is 0.571. The lowest BCUT2D eigenvalue weighted by Crippen LogP contribution is -2.25. The lowest BCUT2D eigenvalue weighted by molar-refractivity contribution is 0.160. The van der Waals surface area contributed by atoms with E-state index in [4.69, 9.17) is 0 Å². The largest absolute Gasteiger partial charge is 0.103 e. The lowest BCUT2D eigenvalue weighted by atomic mass is 9.68. The van der Waals surface area contributed by atoms with E-state index in [1.165, 1.54) is 137 Å². The predicted octanol–water partition coefficient (Wildman–Crippen LogP) is 18.2. The molecule has 0 bridgehead atoms. The van der Waals surface area contributed by atoms with Crippen LogP contribution < -0.4 is 0 Å². The van der Waals surface area contributed by atoms with Crippen molar-refractivity contribution in [3.05, 3.63) is 132 Å². The van der Waals surface area contributed by atoms with Crippen molar-refractivity contribution in [3.8, 4) is 11.1 Å². The monoisotopic (exact) mass is 763 g/mol. The van der Waals surface area contributed by atoms with Crippen LogP contribution in [0.15, 0.2) is 110 Å². The van der Waals surface area contributed by atoms with Gasteiger partial charge in [-0.25, -0.2) is 0 Å². The summed E-state index contributed by atoms with van der Waals surface area (Å²) in [6.07, 6.45) is 37.0. The van der Waals surface area contributed by atoms with E-state index in [2.05, 4.69) is 144 Å². The molecule has 4 aliphatic rings. The number of hydrogen-bond donors (Lipinski definition) is 0. The van der Waals surface area contributed by atoms with Gasteiger partial charge in [0.2, 0.25) is 0 Å². The van der Waals surface area contributed by atoms with Gasteiger partial charge in [-0.2, -0.15) is 0 Å². The van der Waals surface area contributed by atoms with Crippen molar-refractivity contribution in [2.75, 3.05) is 0 Å². The minimum atomic E-state index is 0. The fourth-order valence-corrected chi connectivity index (χ4v) is 10.6. The van der Waals surface area contributed by atoms with E-state index in [-0.39, 0.29) is 13.1 Å². The van der Waals surface area contributed by atoms with E-state index in [1.54, 1.807) is 5.56 Å². The van der Waals surface area contributed by atoms with Crippen LogP contribution in [0.25, 0.3) is 11.1 Å². The van der Waals surface area contributed by atoms with Gasteiger partial charge in [0.25, 0.3) is 0 Å². The van der Waals surface area contributed by atoms with Gasteiger partial charge in [-0.3, -0.25) is 0 Å². The van der Waals surface area contributed by atoms with E-state index in [0.717, 1.165) is 53.8 Å². The van der Waals surface area contributed by atoms with Crippen molar-refractivity contribution in [1.82, 2.24) is 0 Å². The van der Waals surface area contributed by atoms with Crippen LogP contribution >= 0.6 is 0 Å². The Labute approximate surface area is 352 Å². The Bertz CT molecular complexity index is 1540. The van der Waals surface area contributed by atoms with Gasteiger partial charge in [-0.1, -0.05) is 141 Å². The number of hydrogen-bond acceptors (Lipinski definition) is 0. The molecule has 314 valence electrons. The highest BCUT2D eigenvalue weighted by atomic mass is 14.4. The quantitative estimate of drug-likeness (QED) is 0.190. The Morgan fingerprint density at radius 2 is 1.00 bits per heavy atom. The second kappa shape index (κ2) is 24.6. The molecule has 0 heteroatoms. The first kappa shape index (κ1) is 45.6. The molecular weight excluding hydrogens is 673 g/mol. The third-order valence-electron chi connectivity index (χ3n) is 14.3. The number of allylic oxidation sites excluding steroid dienone is 5. The van der Waals surface area contributed by atoms with Crippen LogP contribution in [0.5, 0.6) is 0 Å². The van der Waals surface area contributed by atoms with Crippen molar-refractivity contribution in [2.24, 2.45) is 41.4 Å². The Morgan fingerprint density at radius 1 is 0.554 bits per heavy atom. The normalized spacial score (nSPS) is 27.9. The molecule has 0 aliphatic heterocycles. The zero-order valence-electron chi connectivity index (χ0n) is 35.9. The number of benzene rings is 3. The molecule has 4 saturated carbocycles. The molecule has 0 heterocycles. The van der Waals surface area contributed by atoms with Gasteiger partial charge in [0, 0.05) is 5.71 Å². The van der Waals surface area contributed by atoms with Crippen LogP contribution in [-0.4, -0.2) is 0 Å². The third kappa shape index (κ3) is 14.7. The van der Waals surface area contributed by atoms with Gasteiger partial charge < -0.3 is 0 Å². The van der Waals surface area contributed by atoms with Crippen LogP contribution in [0.1, 0.15) is 171 Å². The first-order valence-corrected chi connectivity index (χ1v) is 22.9. The first-order chi connectivity index (χ1) is 26.8. The molecule has 7 rings (SSSR count). The van der Waals surface area contributed by atoms with Crippen LogP contribution in [0, 0.1) is 55.3 Å². The molecule has 0 atom stereocenters. The summed E-state index contributed by atoms with van der Waals surface area (Å²) < 4.78 is 0. The molecule has 56 heavy (non-hydrogen) atoms. The van der Waals surface area contributed by atoms with Gasteiger partial charge in [-0.15, -0.1) is 6.58 Å². The molecule has 0 spiro atoms. The summed E-state index contributed by atoms with van der Waals surface area (Å²) in [6.45, 7) is 14.9. The molecule has 0 saturated heterocycles. The lowest BCUT2D eigenvalue weighted by Gasteiger charge is -2.38. The van der Waals surface area contributed by atoms with E-state index in [9.17, 15) is 0 Å². The van der Waals surface area contributed by atoms with E-state index in [1.807, 2.05) is 0 Å². The molecule has 3 aromatic rings. The van der Waals surface area contributed by atoms with Crippen LogP contribution in [0.3, 0.4) is 0 Å². The van der Waals surface area contributed by atoms with E-state index >= 15 is 0 Å². The highest BCUT2D eigenvalue weighted by Gasteiger charge is 2.31. The van der Waals surface area contributed by atoms with Gasteiger partial charge >= 0.3 is 0 Å². The predicted molar refractivity (Wildman–Crippen MR) is 258 cm³/mol. The molecule has 0 unspecified atom stereocenters. The summed E-state index contributed by atoms with van der Waals surface area (Å²) in [5.41, 5.74) is 8.20. The summed E-state index contributed by atoms with van der Waals surface area (Å²) in [5, 5.41) is 0. The topological polar surface area (TPSA) is 0 Å². The maximum atomic E-state index is 3.91. The van der Waals surface area contributed by atoms with Crippen LogP contribution in [-0.2, 0) is 6.42 Å². The average molecular weight is 763 g/mol. The molecule has 0 radical (unpaired) electrons. The van der Waals surface area contributed by atoms with Crippen molar-refractivity contribution in [3.63, 3.8) is 0 Å². The summed E-state index contributed by atoms with van der Waals surface area (Å²) in [4.78, 5) is 0. The minimum Gasteiger partial charge on any atom is -0.103 e. The van der Waals surface area contributed by atoms with E-state index < -0.39 is 0 Å². The smallest absolute Gasteiger partial charge is 0 e. The zero-order valence-corrected chi connectivity index (χ0v) is 35.9. The summed E-state index contributed by atoms with van der Waals surface area (Å²) in [6, 6.07) is 26.8. The first-order valence-electron chi connectivity index (χ1n) is 22.9. The minimum absolute atomic E-state index is 0. The highest BCUT2D eigenvalue weighted by Crippen LogP contribution is 2.45. The summed E-state index contributed by atoms with van der Waals surface area (Å²) >= 11 is 0. The second-order valence-electron chi connectivity index (χ2n) is 18.4. The molecule has 4 aliphatic carbocycles. The Balaban J connectivity index is 0.000000848.